The van der Waals surface area contributed by atoms with E-state index in [-0.39, 0.29) is 18.7 Å². The average molecular weight is 283 g/mol. The summed E-state index contributed by atoms with van der Waals surface area (Å²) in [5.74, 6) is 0. The molecule has 1 fully saturated rings. The van der Waals surface area contributed by atoms with Gasteiger partial charge in [-0.2, -0.15) is 0 Å². The van der Waals surface area contributed by atoms with Crippen LogP contribution in [0.2, 0.25) is 0 Å². The van der Waals surface area contributed by atoms with Crippen molar-refractivity contribution < 1.29 is 9.90 Å². The van der Waals surface area contributed by atoms with Gasteiger partial charge in [0.15, 0.2) is 0 Å². The van der Waals surface area contributed by atoms with E-state index >= 15 is 0 Å². The molecule has 0 aliphatic carbocycles. The van der Waals surface area contributed by atoms with Crippen molar-refractivity contribution in [1.29, 1.82) is 0 Å². The Kier molecular flexibility index (Phi) is 5.15. The summed E-state index contributed by atoms with van der Waals surface area (Å²) in [5.41, 5.74) is 1.03. The quantitative estimate of drug-likeness (QED) is 0.881. The molecule has 106 valence electrons. The first kappa shape index (κ1) is 14.3. The Balaban J connectivity index is 1.77. The molecule has 19 heavy (non-hydrogen) atoms. The van der Waals surface area contributed by atoms with Crippen molar-refractivity contribution in [2.75, 3.05) is 19.7 Å². The average Bonchev–Trinajstić information content (AvgIpc) is 2.84. The highest BCUT2D eigenvalue weighted by atomic mass is 32.1. The molecule has 1 aliphatic heterocycles. The van der Waals surface area contributed by atoms with Crippen LogP contribution in [0.5, 0.6) is 0 Å². The Hall–Kier alpha value is -1.14. The third kappa shape index (κ3) is 3.91. The Morgan fingerprint density at radius 2 is 2.47 bits per heavy atom. The van der Waals surface area contributed by atoms with Crippen LogP contribution in [0.25, 0.3) is 0 Å². The van der Waals surface area contributed by atoms with Gasteiger partial charge in [-0.3, -0.25) is 0 Å². The smallest absolute Gasteiger partial charge is 0.317 e. The van der Waals surface area contributed by atoms with Gasteiger partial charge in [0, 0.05) is 30.6 Å². The van der Waals surface area contributed by atoms with Crippen molar-refractivity contribution >= 4 is 17.4 Å². The lowest BCUT2D eigenvalue weighted by Gasteiger charge is -2.34. The second-order valence-corrected chi connectivity index (χ2v) is 5.83. The minimum Gasteiger partial charge on any atom is -0.394 e. The topological polar surface area (TPSA) is 65.5 Å². The number of hydrogen-bond donors (Lipinski definition) is 2. The molecule has 1 saturated heterocycles. The number of urea groups is 1. The second-order valence-electron chi connectivity index (χ2n) is 4.89. The number of rotatable bonds is 4. The molecule has 0 saturated carbocycles. The van der Waals surface area contributed by atoms with Crippen LogP contribution >= 0.6 is 11.3 Å². The lowest BCUT2D eigenvalue weighted by molar-refractivity contribution is 0.108. The summed E-state index contributed by atoms with van der Waals surface area (Å²) in [6, 6.07) is -0.0807. The van der Waals surface area contributed by atoms with Crippen LogP contribution in [0.3, 0.4) is 0 Å². The number of carbonyl (C=O) groups is 1. The fraction of sp³-hybridized carbons (Fsp3) is 0.692. The molecule has 1 aliphatic rings. The van der Waals surface area contributed by atoms with E-state index in [1.54, 1.807) is 16.2 Å². The molecule has 0 aromatic carbocycles. The lowest BCUT2D eigenvalue weighted by atomic mass is 10.0. The van der Waals surface area contributed by atoms with Crippen LogP contribution in [0, 0.1) is 6.92 Å². The van der Waals surface area contributed by atoms with Gasteiger partial charge < -0.3 is 15.3 Å². The molecule has 2 rings (SSSR count). The predicted molar refractivity (Wildman–Crippen MR) is 75.4 cm³/mol. The van der Waals surface area contributed by atoms with Crippen molar-refractivity contribution in [2.24, 2.45) is 0 Å². The predicted octanol–water partition coefficient (Wildman–Crippen LogP) is 1.55. The molecule has 0 radical (unpaired) electrons. The lowest BCUT2D eigenvalue weighted by Crippen LogP contribution is -2.50. The number of aromatic nitrogens is 1. The van der Waals surface area contributed by atoms with Crippen LogP contribution in [-0.2, 0) is 6.42 Å². The third-order valence-corrected chi connectivity index (χ3v) is 4.41. The minimum absolute atomic E-state index is 0.0177. The van der Waals surface area contributed by atoms with Gasteiger partial charge in [0.25, 0.3) is 0 Å². The maximum Gasteiger partial charge on any atom is 0.317 e. The highest BCUT2D eigenvalue weighted by Gasteiger charge is 2.25. The van der Waals surface area contributed by atoms with Crippen LogP contribution in [0.4, 0.5) is 4.79 Å². The number of carbonyl (C=O) groups excluding carboxylic acids is 1. The third-order valence-electron chi connectivity index (χ3n) is 3.38. The second kappa shape index (κ2) is 6.86. The summed E-state index contributed by atoms with van der Waals surface area (Å²) in [7, 11) is 0. The van der Waals surface area contributed by atoms with E-state index in [0.29, 0.717) is 6.54 Å². The van der Waals surface area contributed by atoms with E-state index in [9.17, 15) is 9.90 Å². The number of hydrogen-bond acceptors (Lipinski definition) is 4. The number of aryl methyl sites for hydroxylation is 1. The number of likely N-dealkylation sites (tertiary alicyclic amines) is 1. The Labute approximate surface area is 117 Å². The molecule has 2 heterocycles. The maximum atomic E-state index is 12.0. The van der Waals surface area contributed by atoms with Crippen molar-refractivity contribution in [3.63, 3.8) is 0 Å². The first-order valence-corrected chi connectivity index (χ1v) is 7.65. The molecule has 6 heteroatoms. The van der Waals surface area contributed by atoms with Gasteiger partial charge in [-0.1, -0.05) is 0 Å². The zero-order valence-electron chi connectivity index (χ0n) is 11.3. The number of aliphatic hydroxyl groups is 1. The van der Waals surface area contributed by atoms with Crippen molar-refractivity contribution in [2.45, 2.75) is 38.6 Å². The Morgan fingerprint density at radius 1 is 1.63 bits per heavy atom. The van der Waals surface area contributed by atoms with Crippen molar-refractivity contribution in [1.82, 2.24) is 15.2 Å². The number of nitrogens with zero attached hydrogens (tertiary/aromatic N) is 2. The molecular formula is C13H21N3O2S. The Morgan fingerprint density at radius 3 is 3.16 bits per heavy atom. The van der Waals surface area contributed by atoms with E-state index in [2.05, 4.69) is 10.3 Å². The van der Waals surface area contributed by atoms with Crippen LogP contribution in [0.1, 0.15) is 30.0 Å². The maximum absolute atomic E-state index is 12.0. The zero-order valence-corrected chi connectivity index (χ0v) is 12.1. The van der Waals surface area contributed by atoms with E-state index in [4.69, 9.17) is 0 Å². The molecule has 2 amide bonds. The van der Waals surface area contributed by atoms with E-state index in [0.717, 1.165) is 42.9 Å². The van der Waals surface area contributed by atoms with Crippen molar-refractivity contribution in [3.8, 4) is 0 Å². The van der Waals surface area contributed by atoms with E-state index < -0.39 is 0 Å². The molecule has 1 aromatic rings. The molecule has 1 aromatic heterocycles. The molecule has 5 nitrogen and oxygen atoms in total. The summed E-state index contributed by atoms with van der Waals surface area (Å²) in [6.45, 7) is 3.37. The standard InChI is InChI=1S/C13H21N3O2S/c1-10-9-19-12(15-10)5-6-14-13(18)16-7-3-2-4-11(16)8-17/h9,11,17H,2-8H2,1H3,(H,14,18)/t11-/m1/s1. The first-order chi connectivity index (χ1) is 9.20. The normalized spacial score (nSPS) is 19.5. The van der Waals surface area contributed by atoms with Gasteiger partial charge in [0.1, 0.15) is 0 Å². The summed E-state index contributed by atoms with van der Waals surface area (Å²) in [4.78, 5) is 18.2. The van der Waals surface area contributed by atoms with E-state index in [1.165, 1.54) is 0 Å². The SMILES string of the molecule is Cc1csc(CCNC(=O)N2CCCC[C@@H]2CO)n1. The molecule has 0 unspecified atom stereocenters. The van der Waals surface area contributed by atoms with Crippen molar-refractivity contribution in [3.05, 3.63) is 16.1 Å². The van der Waals surface area contributed by atoms with Gasteiger partial charge >= 0.3 is 6.03 Å². The Bertz CT molecular complexity index is 422. The number of piperidine rings is 1. The largest absolute Gasteiger partial charge is 0.394 e. The molecule has 2 N–H and O–H groups in total. The zero-order chi connectivity index (χ0) is 13.7. The highest BCUT2D eigenvalue weighted by molar-refractivity contribution is 7.09. The van der Waals surface area contributed by atoms with Crippen LogP contribution in [0.15, 0.2) is 5.38 Å². The fourth-order valence-corrected chi connectivity index (χ4v) is 3.13. The van der Waals surface area contributed by atoms with E-state index in [1.807, 2.05) is 12.3 Å². The molecule has 1 atom stereocenters. The molecular weight excluding hydrogens is 262 g/mol. The number of nitrogens with one attached hydrogen (secondary N) is 1. The van der Waals surface area contributed by atoms with Gasteiger partial charge in [0.2, 0.25) is 0 Å². The van der Waals surface area contributed by atoms with Crippen LogP contribution < -0.4 is 5.32 Å². The molecule has 0 spiro atoms. The van der Waals surface area contributed by atoms with Crippen LogP contribution in [-0.4, -0.2) is 46.8 Å². The van der Waals surface area contributed by atoms with Gasteiger partial charge in [-0.05, 0) is 26.2 Å². The molecule has 0 bridgehead atoms. The van der Waals surface area contributed by atoms with Gasteiger partial charge in [-0.15, -0.1) is 11.3 Å². The number of aliphatic hydroxyl groups excluding tert-OH is 1. The fourth-order valence-electron chi connectivity index (χ4n) is 2.35. The van der Waals surface area contributed by atoms with Gasteiger partial charge in [-0.25, -0.2) is 9.78 Å². The summed E-state index contributed by atoms with van der Waals surface area (Å²) in [6.07, 6.45) is 3.78. The minimum atomic E-state index is -0.0629. The number of amides is 2. The summed E-state index contributed by atoms with van der Waals surface area (Å²) >= 11 is 1.63. The monoisotopic (exact) mass is 283 g/mol. The first-order valence-electron chi connectivity index (χ1n) is 6.77. The summed E-state index contributed by atoms with van der Waals surface area (Å²) < 4.78 is 0. The summed E-state index contributed by atoms with van der Waals surface area (Å²) in [5, 5.41) is 15.3. The number of thiazole rings is 1. The highest BCUT2D eigenvalue weighted by Crippen LogP contribution is 2.16. The van der Waals surface area contributed by atoms with Gasteiger partial charge in [0.05, 0.1) is 17.7 Å².